The number of halogens is 1. The number of aryl methyl sites for hydroxylation is 1. The Labute approximate surface area is 160 Å². The molecule has 0 radical (unpaired) electrons. The summed E-state index contributed by atoms with van der Waals surface area (Å²) in [5, 5.41) is 8.67. The number of aromatic nitrogens is 2. The minimum atomic E-state index is -0.249. The zero-order valence-electron chi connectivity index (χ0n) is 14.6. The molecule has 0 unspecified atom stereocenters. The third-order valence-corrected chi connectivity index (χ3v) is 4.61. The predicted molar refractivity (Wildman–Crippen MR) is 106 cm³/mol. The number of carbonyl (C=O) groups excluding carboxylic acids is 1. The summed E-state index contributed by atoms with van der Waals surface area (Å²) in [6, 6.07) is 17.3. The second-order valence-electron chi connectivity index (χ2n) is 5.93. The van der Waals surface area contributed by atoms with Crippen molar-refractivity contribution < 1.29 is 4.79 Å². The maximum Gasteiger partial charge on any atom is 0.271 e. The highest BCUT2D eigenvalue weighted by Crippen LogP contribution is 2.13. The van der Waals surface area contributed by atoms with Gasteiger partial charge in [-0.15, -0.1) is 0 Å². The molecule has 0 atom stereocenters. The first kappa shape index (κ1) is 18.1. The first-order valence-electron chi connectivity index (χ1n) is 8.21. The van der Waals surface area contributed by atoms with E-state index in [-0.39, 0.29) is 5.91 Å². The highest BCUT2D eigenvalue weighted by Gasteiger charge is 2.10. The SMILES string of the molecule is Cc1nn(Cc2ccccc2)c(C)c1/C=N\NC(=O)c1ccc(Br)cc1. The van der Waals surface area contributed by atoms with Gasteiger partial charge in [-0.05, 0) is 43.7 Å². The van der Waals surface area contributed by atoms with Crippen LogP contribution in [0.25, 0.3) is 0 Å². The molecule has 26 heavy (non-hydrogen) atoms. The molecule has 3 aromatic rings. The maximum atomic E-state index is 12.1. The van der Waals surface area contributed by atoms with Crippen LogP contribution >= 0.6 is 15.9 Å². The summed E-state index contributed by atoms with van der Waals surface area (Å²) in [6.07, 6.45) is 1.65. The van der Waals surface area contributed by atoms with Crippen molar-refractivity contribution in [3.63, 3.8) is 0 Å². The van der Waals surface area contributed by atoms with E-state index >= 15 is 0 Å². The Morgan fingerprint density at radius 3 is 2.54 bits per heavy atom. The highest BCUT2D eigenvalue weighted by atomic mass is 79.9. The van der Waals surface area contributed by atoms with Crippen LogP contribution < -0.4 is 5.43 Å². The van der Waals surface area contributed by atoms with Crippen molar-refractivity contribution in [2.75, 3.05) is 0 Å². The fourth-order valence-corrected chi connectivity index (χ4v) is 2.89. The molecular formula is C20H19BrN4O. The second-order valence-corrected chi connectivity index (χ2v) is 6.85. The van der Waals surface area contributed by atoms with E-state index in [9.17, 15) is 4.79 Å². The molecule has 2 aromatic carbocycles. The van der Waals surface area contributed by atoms with Crippen LogP contribution in [0.15, 0.2) is 64.2 Å². The number of hydrogen-bond donors (Lipinski definition) is 1. The number of hydrogen-bond acceptors (Lipinski definition) is 3. The average molecular weight is 411 g/mol. The highest BCUT2D eigenvalue weighted by molar-refractivity contribution is 9.10. The Morgan fingerprint density at radius 1 is 1.15 bits per heavy atom. The number of amides is 1. The molecule has 0 spiro atoms. The van der Waals surface area contributed by atoms with Gasteiger partial charge in [-0.3, -0.25) is 9.48 Å². The molecular weight excluding hydrogens is 392 g/mol. The minimum Gasteiger partial charge on any atom is -0.267 e. The number of benzene rings is 2. The summed E-state index contributed by atoms with van der Waals surface area (Å²) in [6.45, 7) is 4.64. The summed E-state index contributed by atoms with van der Waals surface area (Å²) in [5.41, 5.74) is 7.09. The van der Waals surface area contributed by atoms with Crippen LogP contribution in [0, 0.1) is 13.8 Å². The van der Waals surface area contributed by atoms with E-state index in [4.69, 9.17) is 0 Å². The summed E-state index contributed by atoms with van der Waals surface area (Å²) >= 11 is 3.35. The van der Waals surface area contributed by atoms with Gasteiger partial charge in [-0.1, -0.05) is 46.3 Å². The predicted octanol–water partition coefficient (Wildman–Crippen LogP) is 4.07. The number of carbonyl (C=O) groups is 1. The van der Waals surface area contributed by atoms with E-state index in [0.717, 1.165) is 21.4 Å². The van der Waals surface area contributed by atoms with Gasteiger partial charge in [0.25, 0.3) is 5.91 Å². The first-order chi connectivity index (χ1) is 12.5. The third-order valence-electron chi connectivity index (χ3n) is 4.08. The Bertz CT molecular complexity index is 930. The van der Waals surface area contributed by atoms with E-state index in [0.29, 0.717) is 12.1 Å². The van der Waals surface area contributed by atoms with Gasteiger partial charge in [-0.2, -0.15) is 10.2 Å². The van der Waals surface area contributed by atoms with Crippen molar-refractivity contribution in [1.82, 2.24) is 15.2 Å². The third kappa shape index (κ3) is 4.26. The molecule has 3 rings (SSSR count). The van der Waals surface area contributed by atoms with Crippen molar-refractivity contribution >= 4 is 28.1 Å². The van der Waals surface area contributed by atoms with Gasteiger partial charge in [0.2, 0.25) is 0 Å². The van der Waals surface area contributed by atoms with Crippen LogP contribution in [0.1, 0.15) is 32.9 Å². The van der Waals surface area contributed by atoms with Crippen molar-refractivity contribution in [3.05, 3.63) is 87.1 Å². The largest absolute Gasteiger partial charge is 0.271 e. The molecule has 1 amide bonds. The monoisotopic (exact) mass is 410 g/mol. The smallest absolute Gasteiger partial charge is 0.267 e. The van der Waals surface area contributed by atoms with Crippen LogP contribution in [-0.2, 0) is 6.54 Å². The summed E-state index contributed by atoms with van der Waals surface area (Å²) < 4.78 is 2.87. The lowest BCUT2D eigenvalue weighted by Gasteiger charge is -2.04. The van der Waals surface area contributed by atoms with Gasteiger partial charge in [0, 0.05) is 21.3 Å². The van der Waals surface area contributed by atoms with Crippen molar-refractivity contribution in [3.8, 4) is 0 Å². The fraction of sp³-hybridized carbons (Fsp3) is 0.150. The normalized spacial score (nSPS) is 11.0. The van der Waals surface area contributed by atoms with E-state index < -0.39 is 0 Å². The molecule has 1 heterocycles. The van der Waals surface area contributed by atoms with Crippen LogP contribution in [0.5, 0.6) is 0 Å². The molecule has 6 heteroatoms. The average Bonchev–Trinajstić information content (AvgIpc) is 2.90. The molecule has 0 aliphatic rings. The quantitative estimate of drug-likeness (QED) is 0.508. The van der Waals surface area contributed by atoms with Crippen molar-refractivity contribution in [1.29, 1.82) is 0 Å². The molecule has 0 aliphatic heterocycles. The van der Waals surface area contributed by atoms with Gasteiger partial charge >= 0.3 is 0 Å². The Balaban J connectivity index is 1.70. The standard InChI is InChI=1S/C20H19BrN4O/c1-14-19(12-22-23-20(26)17-8-10-18(21)11-9-17)15(2)25(24-14)13-16-6-4-3-5-7-16/h3-12H,13H2,1-2H3,(H,23,26)/b22-12-. The molecule has 0 aliphatic carbocycles. The summed E-state index contributed by atoms with van der Waals surface area (Å²) in [7, 11) is 0. The topological polar surface area (TPSA) is 59.3 Å². The molecule has 5 nitrogen and oxygen atoms in total. The van der Waals surface area contributed by atoms with Crippen LogP contribution in [0.4, 0.5) is 0 Å². The van der Waals surface area contributed by atoms with E-state index in [2.05, 4.69) is 43.7 Å². The molecule has 0 saturated carbocycles. The Hall–Kier alpha value is -2.73. The zero-order valence-corrected chi connectivity index (χ0v) is 16.2. The zero-order chi connectivity index (χ0) is 18.5. The van der Waals surface area contributed by atoms with Gasteiger partial charge < -0.3 is 0 Å². The second kappa shape index (κ2) is 8.10. The first-order valence-corrected chi connectivity index (χ1v) is 9.01. The molecule has 0 saturated heterocycles. The van der Waals surface area contributed by atoms with Crippen molar-refractivity contribution in [2.24, 2.45) is 5.10 Å². The lowest BCUT2D eigenvalue weighted by Crippen LogP contribution is -2.17. The Kier molecular flexibility index (Phi) is 5.63. The minimum absolute atomic E-state index is 0.249. The van der Waals surface area contributed by atoms with Crippen LogP contribution in [0.2, 0.25) is 0 Å². The number of rotatable bonds is 5. The van der Waals surface area contributed by atoms with E-state index in [1.54, 1.807) is 18.3 Å². The molecule has 0 fully saturated rings. The summed E-state index contributed by atoms with van der Waals surface area (Å²) in [4.78, 5) is 12.1. The number of nitrogens with zero attached hydrogens (tertiary/aromatic N) is 3. The van der Waals surface area contributed by atoms with Crippen LogP contribution in [0.3, 0.4) is 0 Å². The lowest BCUT2D eigenvalue weighted by atomic mass is 10.2. The Morgan fingerprint density at radius 2 is 1.85 bits per heavy atom. The molecule has 1 N–H and O–H groups in total. The van der Waals surface area contributed by atoms with Gasteiger partial charge in [0.1, 0.15) is 0 Å². The molecule has 132 valence electrons. The molecule has 1 aromatic heterocycles. The lowest BCUT2D eigenvalue weighted by molar-refractivity contribution is 0.0955. The van der Waals surface area contributed by atoms with Gasteiger partial charge in [-0.25, -0.2) is 5.43 Å². The number of hydrazone groups is 1. The van der Waals surface area contributed by atoms with E-state index in [1.165, 1.54) is 5.56 Å². The van der Waals surface area contributed by atoms with Crippen molar-refractivity contribution in [2.45, 2.75) is 20.4 Å². The maximum absolute atomic E-state index is 12.1. The van der Waals surface area contributed by atoms with E-state index in [1.807, 2.05) is 48.9 Å². The van der Waals surface area contributed by atoms with Gasteiger partial charge in [0.05, 0.1) is 18.5 Å². The van der Waals surface area contributed by atoms with Gasteiger partial charge in [0.15, 0.2) is 0 Å². The molecule has 0 bridgehead atoms. The summed E-state index contributed by atoms with van der Waals surface area (Å²) in [5.74, 6) is -0.249. The fourth-order valence-electron chi connectivity index (χ4n) is 2.63. The van der Waals surface area contributed by atoms with Crippen LogP contribution in [-0.4, -0.2) is 21.9 Å². The number of nitrogens with one attached hydrogen (secondary N) is 1.